The van der Waals surface area contributed by atoms with E-state index in [1.165, 1.54) is 29.8 Å². The Morgan fingerprint density at radius 1 is 0.824 bits per heavy atom. The van der Waals surface area contributed by atoms with E-state index in [1.807, 2.05) is 48.2 Å². The summed E-state index contributed by atoms with van der Waals surface area (Å²) in [6.07, 6.45) is 4.35. The van der Waals surface area contributed by atoms with Crippen LogP contribution in [-0.4, -0.2) is 65.4 Å². The number of carbonyl (C=O) groups excluding carboxylic acids is 3. The normalized spacial score (nSPS) is 12.8. The minimum absolute atomic E-state index is 0.00436. The van der Waals surface area contributed by atoms with Crippen molar-refractivity contribution in [3.8, 4) is 5.69 Å². The molecule has 0 atom stereocenters. The van der Waals surface area contributed by atoms with Gasteiger partial charge < -0.3 is 9.80 Å². The standard InChI is InChI=1S/C40H43N5O5S/c1-4-6-21-43(22-7-5-2)40(48)36-24-28(3)45(41-36)37-19-17-32(26-35(37)39(47)44-23-20-30-13-9-11-15-33(30)27-44)38(46)42-51(49,50)34-18-16-29-12-8-10-14-31(29)25-34/h8-19,24-26H,4-7,20-23,27H2,1-3H3,(H,42,46). The van der Waals surface area contributed by atoms with Crippen LogP contribution in [0.1, 0.15) is 87.6 Å². The highest BCUT2D eigenvalue weighted by Crippen LogP contribution is 2.26. The molecule has 0 spiro atoms. The van der Waals surface area contributed by atoms with Gasteiger partial charge >= 0.3 is 0 Å². The zero-order valence-corrected chi connectivity index (χ0v) is 30.1. The van der Waals surface area contributed by atoms with Gasteiger partial charge in [-0.05, 0) is 84.5 Å². The van der Waals surface area contributed by atoms with Gasteiger partial charge in [-0.1, -0.05) is 81.3 Å². The van der Waals surface area contributed by atoms with Crippen molar-refractivity contribution in [1.82, 2.24) is 24.3 Å². The van der Waals surface area contributed by atoms with Gasteiger partial charge in [0, 0.05) is 37.4 Å². The van der Waals surface area contributed by atoms with Crippen LogP contribution in [0.25, 0.3) is 16.5 Å². The molecule has 0 unspecified atom stereocenters. The van der Waals surface area contributed by atoms with E-state index in [-0.39, 0.29) is 33.5 Å². The first kappa shape index (κ1) is 35.5. The summed E-state index contributed by atoms with van der Waals surface area (Å²) in [5, 5.41) is 6.29. The summed E-state index contributed by atoms with van der Waals surface area (Å²) in [4.78, 5) is 45.1. The first-order valence-corrected chi connectivity index (χ1v) is 19.0. The molecular formula is C40H43N5O5S. The molecular weight excluding hydrogens is 663 g/mol. The van der Waals surface area contributed by atoms with Crippen LogP contribution in [0.3, 0.4) is 0 Å². The van der Waals surface area contributed by atoms with E-state index >= 15 is 0 Å². The number of sulfonamides is 1. The summed E-state index contributed by atoms with van der Waals surface area (Å²) in [7, 11) is -4.24. The van der Waals surface area contributed by atoms with E-state index in [9.17, 15) is 22.8 Å². The number of amides is 3. The lowest BCUT2D eigenvalue weighted by Gasteiger charge is -2.29. The largest absolute Gasteiger partial charge is 0.337 e. The monoisotopic (exact) mass is 705 g/mol. The zero-order valence-electron chi connectivity index (χ0n) is 29.3. The number of aryl methyl sites for hydroxylation is 1. The molecule has 0 radical (unpaired) electrons. The molecule has 11 heteroatoms. The van der Waals surface area contributed by atoms with Crippen LogP contribution in [0.5, 0.6) is 0 Å². The Bertz CT molecular complexity index is 2200. The third-order valence-electron chi connectivity index (χ3n) is 9.35. The van der Waals surface area contributed by atoms with Gasteiger partial charge in [0.25, 0.3) is 27.7 Å². The number of carbonyl (C=O) groups is 3. The summed E-state index contributed by atoms with van der Waals surface area (Å²) >= 11 is 0. The van der Waals surface area contributed by atoms with E-state index in [1.54, 1.807) is 33.8 Å². The predicted octanol–water partition coefficient (Wildman–Crippen LogP) is 6.69. The van der Waals surface area contributed by atoms with Gasteiger partial charge in [-0.25, -0.2) is 17.8 Å². The van der Waals surface area contributed by atoms with Gasteiger partial charge in [0.1, 0.15) is 0 Å². The minimum atomic E-state index is -4.24. The number of benzene rings is 4. The molecule has 1 aromatic heterocycles. The van der Waals surface area contributed by atoms with Gasteiger partial charge in [-0.2, -0.15) is 5.10 Å². The van der Waals surface area contributed by atoms with Crippen LogP contribution in [-0.2, 0) is 23.0 Å². The Morgan fingerprint density at radius 3 is 2.24 bits per heavy atom. The first-order chi connectivity index (χ1) is 24.6. The average molecular weight is 706 g/mol. The van der Waals surface area contributed by atoms with Crippen LogP contribution in [0.15, 0.2) is 95.9 Å². The van der Waals surface area contributed by atoms with Gasteiger partial charge in [0.2, 0.25) is 0 Å². The molecule has 1 aliphatic heterocycles. The summed E-state index contributed by atoms with van der Waals surface area (Å²) < 4.78 is 30.5. The van der Waals surface area contributed by atoms with Crippen LogP contribution in [0.4, 0.5) is 0 Å². The number of nitrogens with zero attached hydrogens (tertiary/aromatic N) is 4. The molecule has 1 aliphatic rings. The number of rotatable bonds is 12. The lowest BCUT2D eigenvalue weighted by atomic mass is 9.98. The van der Waals surface area contributed by atoms with E-state index in [4.69, 9.17) is 5.10 Å². The van der Waals surface area contributed by atoms with E-state index in [0.717, 1.165) is 42.0 Å². The summed E-state index contributed by atoms with van der Waals surface area (Å²) in [5.74, 6) is -1.38. The fourth-order valence-electron chi connectivity index (χ4n) is 6.44. The van der Waals surface area contributed by atoms with Gasteiger partial charge in [0.05, 0.1) is 16.1 Å². The molecule has 0 saturated heterocycles. The number of nitrogens with one attached hydrogen (secondary N) is 1. The third-order valence-corrected chi connectivity index (χ3v) is 10.7. The smallest absolute Gasteiger partial charge is 0.274 e. The quantitative estimate of drug-likeness (QED) is 0.154. The first-order valence-electron chi connectivity index (χ1n) is 17.5. The number of fused-ring (bicyclic) bond motifs is 2. The minimum Gasteiger partial charge on any atom is -0.337 e. The van der Waals surface area contributed by atoms with Crippen LogP contribution < -0.4 is 4.72 Å². The molecule has 0 aliphatic carbocycles. The molecule has 6 rings (SSSR count). The van der Waals surface area contributed by atoms with Gasteiger partial charge in [-0.15, -0.1) is 0 Å². The van der Waals surface area contributed by atoms with Crippen molar-refractivity contribution in [1.29, 1.82) is 0 Å². The molecule has 4 aromatic carbocycles. The Hall–Kier alpha value is -5.29. The Morgan fingerprint density at radius 2 is 1.51 bits per heavy atom. The van der Waals surface area contributed by atoms with Crippen molar-refractivity contribution >= 4 is 38.5 Å². The van der Waals surface area contributed by atoms with Crippen molar-refractivity contribution in [2.45, 2.75) is 64.3 Å². The zero-order chi connectivity index (χ0) is 36.1. The number of unbranched alkanes of at least 4 members (excludes halogenated alkanes) is 2. The number of aromatic nitrogens is 2. The topological polar surface area (TPSA) is 122 Å². The maximum Gasteiger partial charge on any atom is 0.274 e. The fourth-order valence-corrected chi connectivity index (χ4v) is 7.45. The van der Waals surface area contributed by atoms with E-state index in [2.05, 4.69) is 24.6 Å². The van der Waals surface area contributed by atoms with Crippen molar-refractivity contribution < 1.29 is 22.8 Å². The Labute approximate surface area is 299 Å². The lowest BCUT2D eigenvalue weighted by molar-refractivity contribution is 0.0732. The molecule has 10 nitrogen and oxygen atoms in total. The van der Waals surface area contributed by atoms with Gasteiger partial charge in [-0.3, -0.25) is 14.4 Å². The van der Waals surface area contributed by atoms with E-state index < -0.39 is 15.9 Å². The van der Waals surface area contributed by atoms with E-state index in [0.29, 0.717) is 44.0 Å². The van der Waals surface area contributed by atoms with Gasteiger partial charge in [0.15, 0.2) is 5.69 Å². The second-order valence-electron chi connectivity index (χ2n) is 13.0. The molecule has 51 heavy (non-hydrogen) atoms. The highest BCUT2D eigenvalue weighted by molar-refractivity contribution is 7.90. The van der Waals surface area contributed by atoms with Crippen LogP contribution in [0, 0.1) is 6.92 Å². The molecule has 1 N–H and O–H groups in total. The van der Waals surface area contributed by atoms with Crippen molar-refractivity contribution in [3.63, 3.8) is 0 Å². The highest BCUT2D eigenvalue weighted by atomic mass is 32.2. The molecule has 0 saturated carbocycles. The fraction of sp³-hybridized carbons (Fsp3) is 0.300. The van der Waals surface area contributed by atoms with Crippen LogP contribution in [0.2, 0.25) is 0 Å². The number of hydrogen-bond acceptors (Lipinski definition) is 6. The Kier molecular flexibility index (Phi) is 10.7. The lowest BCUT2D eigenvalue weighted by Crippen LogP contribution is -2.37. The molecule has 5 aromatic rings. The summed E-state index contributed by atoms with van der Waals surface area (Å²) in [6, 6.07) is 26.2. The molecule has 2 heterocycles. The second kappa shape index (κ2) is 15.3. The molecule has 264 valence electrons. The number of hydrogen-bond donors (Lipinski definition) is 1. The van der Waals surface area contributed by atoms with Crippen molar-refractivity contribution in [2.75, 3.05) is 19.6 Å². The third kappa shape index (κ3) is 7.73. The average Bonchev–Trinajstić information content (AvgIpc) is 3.54. The highest BCUT2D eigenvalue weighted by Gasteiger charge is 2.28. The SMILES string of the molecule is CCCCN(CCCC)C(=O)c1cc(C)n(-c2ccc(C(=O)NS(=O)(=O)c3ccc4ccccc4c3)cc2C(=O)N2CCc3ccccc3C2)n1. The molecule has 0 fully saturated rings. The maximum atomic E-state index is 14.4. The van der Waals surface area contributed by atoms with Crippen molar-refractivity contribution in [3.05, 3.63) is 125 Å². The predicted molar refractivity (Wildman–Crippen MR) is 198 cm³/mol. The molecule has 3 amide bonds. The van der Waals surface area contributed by atoms with Crippen molar-refractivity contribution in [2.24, 2.45) is 0 Å². The maximum absolute atomic E-state index is 14.4. The Balaban J connectivity index is 1.35. The van der Waals surface area contributed by atoms with Crippen LogP contribution >= 0.6 is 0 Å². The molecule has 0 bridgehead atoms. The summed E-state index contributed by atoms with van der Waals surface area (Å²) in [6.45, 7) is 8.10. The summed E-state index contributed by atoms with van der Waals surface area (Å²) in [5.41, 5.74) is 3.68. The second-order valence-corrected chi connectivity index (χ2v) is 14.7.